The standard InChI is InChI=1S/C22H32N2O4/c1-16-6-9-23(14-20(16)26)13-19-12-22(15-28-19)7-10-24(11-8-22)21(27)17-2-4-18(25)5-3-17/h2-5,16,19-20,25-26H,6-15H2,1H3/t16-,19?,20-/m1/s1. The van der Waals surface area contributed by atoms with Gasteiger partial charge in [-0.2, -0.15) is 0 Å². The summed E-state index contributed by atoms with van der Waals surface area (Å²) in [6, 6.07) is 6.49. The number of likely N-dealkylation sites (tertiary alicyclic amines) is 2. The largest absolute Gasteiger partial charge is 0.508 e. The van der Waals surface area contributed by atoms with E-state index in [-0.39, 0.29) is 29.3 Å². The fourth-order valence-corrected chi connectivity index (χ4v) is 4.90. The molecule has 1 aromatic rings. The minimum Gasteiger partial charge on any atom is -0.508 e. The second-order valence-corrected chi connectivity index (χ2v) is 9.07. The third-order valence-corrected chi connectivity index (χ3v) is 6.98. The molecule has 6 nitrogen and oxygen atoms in total. The first kappa shape index (κ1) is 19.7. The molecule has 6 heteroatoms. The Labute approximate surface area is 167 Å². The van der Waals surface area contributed by atoms with Gasteiger partial charge in [0.1, 0.15) is 5.75 Å². The zero-order valence-electron chi connectivity index (χ0n) is 16.7. The molecular formula is C22H32N2O4. The van der Waals surface area contributed by atoms with Gasteiger partial charge in [-0.1, -0.05) is 6.92 Å². The summed E-state index contributed by atoms with van der Waals surface area (Å²) in [5, 5.41) is 19.5. The molecule has 3 aliphatic rings. The molecule has 0 aliphatic carbocycles. The molecule has 1 amide bonds. The van der Waals surface area contributed by atoms with Crippen molar-refractivity contribution in [2.75, 3.05) is 39.3 Å². The van der Waals surface area contributed by atoms with E-state index in [9.17, 15) is 15.0 Å². The lowest BCUT2D eigenvalue weighted by Crippen LogP contribution is -2.46. The van der Waals surface area contributed by atoms with Crippen LogP contribution < -0.4 is 0 Å². The van der Waals surface area contributed by atoms with Gasteiger partial charge in [-0.25, -0.2) is 0 Å². The number of aromatic hydroxyl groups is 1. The van der Waals surface area contributed by atoms with Crippen molar-refractivity contribution < 1.29 is 19.7 Å². The van der Waals surface area contributed by atoms with Crippen LogP contribution in [-0.2, 0) is 4.74 Å². The normalized spacial score (nSPS) is 30.6. The van der Waals surface area contributed by atoms with Crippen molar-refractivity contribution in [1.29, 1.82) is 0 Å². The van der Waals surface area contributed by atoms with Gasteiger partial charge in [-0.05, 0) is 67.8 Å². The van der Waals surface area contributed by atoms with Crippen molar-refractivity contribution in [2.45, 2.75) is 44.8 Å². The van der Waals surface area contributed by atoms with Crippen molar-refractivity contribution >= 4 is 5.91 Å². The number of phenols is 1. The SMILES string of the molecule is C[C@@H]1CCN(CC2CC3(CCN(C(=O)c4ccc(O)cc4)CC3)CO2)C[C@H]1O. The number of phenolic OH excluding ortho intramolecular Hbond substituents is 1. The molecule has 154 valence electrons. The van der Waals surface area contributed by atoms with E-state index in [4.69, 9.17) is 4.74 Å². The Morgan fingerprint density at radius 3 is 2.61 bits per heavy atom. The molecule has 1 aromatic carbocycles. The van der Waals surface area contributed by atoms with Crippen LogP contribution in [0.15, 0.2) is 24.3 Å². The lowest BCUT2D eigenvalue weighted by atomic mass is 9.76. The first-order valence-corrected chi connectivity index (χ1v) is 10.5. The number of rotatable bonds is 3. The zero-order chi connectivity index (χ0) is 19.7. The summed E-state index contributed by atoms with van der Waals surface area (Å²) in [5.74, 6) is 0.614. The van der Waals surface area contributed by atoms with Gasteiger partial charge in [0, 0.05) is 31.7 Å². The molecular weight excluding hydrogens is 356 g/mol. The molecule has 0 bridgehead atoms. The second-order valence-electron chi connectivity index (χ2n) is 9.07. The van der Waals surface area contributed by atoms with Gasteiger partial charge in [0.2, 0.25) is 0 Å². The van der Waals surface area contributed by atoms with Crippen LogP contribution in [0.25, 0.3) is 0 Å². The van der Waals surface area contributed by atoms with Crippen LogP contribution in [0.2, 0.25) is 0 Å². The number of piperidine rings is 2. The highest BCUT2D eigenvalue weighted by molar-refractivity contribution is 5.94. The van der Waals surface area contributed by atoms with E-state index < -0.39 is 0 Å². The van der Waals surface area contributed by atoms with Gasteiger partial charge in [0.25, 0.3) is 5.91 Å². The van der Waals surface area contributed by atoms with Gasteiger partial charge in [-0.3, -0.25) is 9.69 Å². The Morgan fingerprint density at radius 2 is 1.93 bits per heavy atom. The lowest BCUT2D eigenvalue weighted by molar-refractivity contribution is 0.000907. The maximum absolute atomic E-state index is 12.7. The highest BCUT2D eigenvalue weighted by Gasteiger charge is 2.43. The van der Waals surface area contributed by atoms with Gasteiger partial charge < -0.3 is 19.8 Å². The maximum atomic E-state index is 12.7. The first-order chi connectivity index (χ1) is 13.4. The fourth-order valence-electron chi connectivity index (χ4n) is 4.90. The Morgan fingerprint density at radius 1 is 1.21 bits per heavy atom. The van der Waals surface area contributed by atoms with E-state index in [0.717, 1.165) is 65.0 Å². The fraction of sp³-hybridized carbons (Fsp3) is 0.682. The van der Waals surface area contributed by atoms with Gasteiger partial charge >= 0.3 is 0 Å². The van der Waals surface area contributed by atoms with Gasteiger partial charge in [-0.15, -0.1) is 0 Å². The molecule has 4 rings (SSSR count). The summed E-state index contributed by atoms with van der Waals surface area (Å²) in [4.78, 5) is 17.0. The average molecular weight is 389 g/mol. The number of benzene rings is 1. The number of nitrogens with zero attached hydrogens (tertiary/aromatic N) is 2. The number of β-amino-alcohol motifs (C(OH)–C–C–N with tert-alkyl or cyclic N) is 1. The van der Waals surface area contributed by atoms with Crippen LogP contribution in [0.4, 0.5) is 0 Å². The quantitative estimate of drug-likeness (QED) is 0.830. The van der Waals surface area contributed by atoms with E-state index in [1.807, 2.05) is 4.90 Å². The van der Waals surface area contributed by atoms with Crippen LogP contribution in [0.1, 0.15) is 43.0 Å². The van der Waals surface area contributed by atoms with Crippen molar-refractivity contribution in [3.8, 4) is 5.75 Å². The molecule has 3 fully saturated rings. The lowest BCUT2D eigenvalue weighted by Gasteiger charge is -2.39. The van der Waals surface area contributed by atoms with Crippen LogP contribution in [0.5, 0.6) is 5.75 Å². The van der Waals surface area contributed by atoms with E-state index in [1.54, 1.807) is 24.3 Å². The van der Waals surface area contributed by atoms with Crippen LogP contribution in [0.3, 0.4) is 0 Å². The molecule has 0 saturated carbocycles. The Hall–Kier alpha value is -1.63. The van der Waals surface area contributed by atoms with Crippen LogP contribution >= 0.6 is 0 Å². The van der Waals surface area contributed by atoms with Crippen LogP contribution in [-0.4, -0.2) is 77.5 Å². The third-order valence-electron chi connectivity index (χ3n) is 6.98. The number of carbonyl (C=O) groups is 1. The van der Waals surface area contributed by atoms with Crippen molar-refractivity contribution in [1.82, 2.24) is 9.80 Å². The molecule has 1 unspecified atom stereocenters. The molecule has 0 aromatic heterocycles. The summed E-state index contributed by atoms with van der Waals surface area (Å²) in [7, 11) is 0. The summed E-state index contributed by atoms with van der Waals surface area (Å²) in [6.07, 6.45) is 4.07. The summed E-state index contributed by atoms with van der Waals surface area (Å²) >= 11 is 0. The summed E-state index contributed by atoms with van der Waals surface area (Å²) in [5.41, 5.74) is 0.824. The first-order valence-electron chi connectivity index (χ1n) is 10.5. The highest BCUT2D eigenvalue weighted by atomic mass is 16.5. The Bertz CT molecular complexity index is 684. The number of hydrogen-bond donors (Lipinski definition) is 2. The molecule has 0 radical (unpaired) electrons. The topological polar surface area (TPSA) is 73.2 Å². The number of ether oxygens (including phenoxy) is 1. The average Bonchev–Trinajstić information content (AvgIpc) is 3.07. The molecule has 2 N–H and O–H groups in total. The van der Waals surface area contributed by atoms with Crippen molar-refractivity contribution in [3.63, 3.8) is 0 Å². The van der Waals surface area contributed by atoms with Crippen molar-refractivity contribution in [2.24, 2.45) is 11.3 Å². The zero-order valence-corrected chi connectivity index (χ0v) is 16.7. The predicted octanol–water partition coefficient (Wildman–Crippen LogP) is 2.11. The number of aliphatic hydroxyl groups excluding tert-OH is 1. The maximum Gasteiger partial charge on any atom is 0.253 e. The summed E-state index contributed by atoms with van der Waals surface area (Å²) in [6.45, 7) is 7.12. The number of amides is 1. The molecule has 3 atom stereocenters. The Balaban J connectivity index is 1.27. The van der Waals surface area contributed by atoms with E-state index >= 15 is 0 Å². The van der Waals surface area contributed by atoms with E-state index in [1.165, 1.54) is 0 Å². The third kappa shape index (κ3) is 4.19. The number of aliphatic hydroxyl groups is 1. The number of carbonyl (C=O) groups excluding carboxylic acids is 1. The molecule has 1 spiro atoms. The van der Waals surface area contributed by atoms with Gasteiger partial charge in [0.05, 0.1) is 18.8 Å². The number of hydrogen-bond acceptors (Lipinski definition) is 5. The minimum atomic E-state index is -0.224. The molecule has 3 aliphatic heterocycles. The van der Waals surface area contributed by atoms with Gasteiger partial charge in [0.15, 0.2) is 0 Å². The Kier molecular flexibility index (Phi) is 5.63. The highest BCUT2D eigenvalue weighted by Crippen LogP contribution is 2.42. The van der Waals surface area contributed by atoms with Crippen molar-refractivity contribution in [3.05, 3.63) is 29.8 Å². The second kappa shape index (κ2) is 8.01. The van der Waals surface area contributed by atoms with E-state index in [0.29, 0.717) is 11.5 Å². The predicted molar refractivity (Wildman–Crippen MR) is 106 cm³/mol. The monoisotopic (exact) mass is 388 g/mol. The molecule has 3 saturated heterocycles. The van der Waals surface area contributed by atoms with E-state index in [2.05, 4.69) is 11.8 Å². The molecule has 3 heterocycles. The van der Waals surface area contributed by atoms with Crippen LogP contribution in [0, 0.1) is 11.3 Å². The minimum absolute atomic E-state index is 0.0433. The molecule has 28 heavy (non-hydrogen) atoms. The smallest absolute Gasteiger partial charge is 0.253 e. The summed E-state index contributed by atoms with van der Waals surface area (Å²) < 4.78 is 6.15.